The third-order valence-electron chi connectivity index (χ3n) is 9.91. The molecule has 0 aliphatic heterocycles. The first kappa shape index (κ1) is 229. The van der Waals surface area contributed by atoms with Gasteiger partial charge in [0.15, 0.2) is 0 Å². The van der Waals surface area contributed by atoms with Gasteiger partial charge in [0.05, 0.1) is 0 Å². The summed E-state index contributed by atoms with van der Waals surface area (Å²) in [6.45, 7) is 156. The fourth-order valence-electron chi connectivity index (χ4n) is 4.91. The van der Waals surface area contributed by atoms with E-state index in [2.05, 4.69) is 648 Å². The molecule has 0 saturated carbocycles. The minimum Gasteiger partial charge on any atom is 0 e. The van der Waals surface area contributed by atoms with Gasteiger partial charge in [0.25, 0.3) is 0 Å². The summed E-state index contributed by atoms with van der Waals surface area (Å²) in [6.07, 6.45) is -1.01. The van der Waals surface area contributed by atoms with Crippen molar-refractivity contribution in [1.29, 1.82) is 0 Å². The molecule has 0 aromatic carbocycles. The minimum absolute atomic E-state index is 0. The Hall–Kier alpha value is 16.7. The van der Waals surface area contributed by atoms with E-state index >= 15 is 0 Å². The summed E-state index contributed by atoms with van der Waals surface area (Å²) in [5.41, 5.74) is -1.55. The van der Waals surface area contributed by atoms with Gasteiger partial charge in [-0.1, -0.05) is 236 Å². The van der Waals surface area contributed by atoms with Crippen LogP contribution in [-0.2, 0) is 0 Å². The number of hydrogen-bond donors (Lipinski definition) is 0. The Morgan fingerprint density at radius 1 is 0.252 bits per heavy atom. The van der Waals surface area contributed by atoms with Crippen LogP contribution in [0.3, 0.4) is 0 Å². The van der Waals surface area contributed by atoms with Gasteiger partial charge in [0, 0.05) is 146 Å². The van der Waals surface area contributed by atoms with Gasteiger partial charge in [-0.25, -0.2) is 0 Å². The van der Waals surface area contributed by atoms with Crippen LogP contribution >= 0.6 is 27.5 Å². The minimum atomic E-state index is -1.46. The quantitative estimate of drug-likeness (QED) is 0.179. The van der Waals surface area contributed by atoms with E-state index < -0.39 is 106 Å². The zero-order chi connectivity index (χ0) is 118. The normalized spacial score (nSPS) is 10.8. The van der Waals surface area contributed by atoms with Crippen LogP contribution < -0.4 is 0 Å². The van der Waals surface area contributed by atoms with E-state index in [1.165, 1.54) is 0 Å². The Kier molecular flexibility index (Phi) is 242. The third kappa shape index (κ3) is 464. The van der Waals surface area contributed by atoms with Crippen LogP contribution in [0.25, 0.3) is 0 Å². The monoisotopic (exact) mass is 3640 g/mol. The molecular weight excluding hydrogens is 3340 g/mol. The molecule has 0 aliphatic rings. The molecule has 40 radical (unpaired) electrons. The molecule has 0 N–H and O–H groups in total. The summed E-state index contributed by atoms with van der Waals surface area (Å²) in [4.78, 5) is 0. The summed E-state index contributed by atoms with van der Waals surface area (Å²) in [5, 5.41) is 0. The Labute approximate surface area is 1060 Å². The summed E-state index contributed by atoms with van der Waals surface area (Å²) in [5.74, 6) is 55.8. The molecule has 0 aromatic heterocycles. The number of hydrogen-bond acceptors (Lipinski definition) is 3. The van der Waals surface area contributed by atoms with Crippen molar-refractivity contribution in [2.45, 2.75) is 570 Å². The molecule has 828 valence electrons. The molecule has 0 aromatic rings. The van der Waals surface area contributed by atoms with Crippen molar-refractivity contribution in [2.24, 2.45) is 0 Å². The molecule has 135 heavy (non-hydrogen) atoms. The first-order valence-corrected chi connectivity index (χ1v) is 206. The standard InChI is InChI=1S/C10H30GeSSi3.C7H21SeSi3.C7H21Si3Te.C4H12Ge2S.C4H12GeSSi.4C3H9Ge.C3H9SeSi.C3H9SiTe.12C3H9Si.4CH3Ge.Se.Te/c1-11(2,3)12-15(10,13(4,5)6)14(7,8)9;1-9(2,3)11(7,8)10(4,5)6;1-8(2,3)10(7,11)9(4,5)6;1-5-7-6(2,3)4;1-5-6-7(2,3)4;4*1-4(2)3;1-5(2,3)4;1-4(2,3)5;12*1-4(2)3;4*1-2;;/h1-10H3;2*1-7H3;2*1-4H3;4*1-3H3;2*1-3H3;12*1-3H3;4*1H3;;. The second kappa shape index (κ2) is 143. The molecule has 0 saturated heterocycles. The van der Waals surface area contributed by atoms with E-state index in [9.17, 15) is 0 Å². The number of rotatable bonds is 12. The van der Waals surface area contributed by atoms with Gasteiger partial charge in [-0.2, -0.15) is 0 Å². The first-order chi connectivity index (χ1) is 57.0. The molecule has 0 rings (SSSR count). The van der Waals surface area contributed by atoms with Crippen LogP contribution in [0.15, 0.2) is 0 Å². The Morgan fingerprint density at radius 2 is 0.356 bits per heavy atom. The second-order valence-corrected chi connectivity index (χ2v) is 313. The van der Waals surface area contributed by atoms with Crippen molar-refractivity contribution < 1.29 is 0 Å². The van der Waals surface area contributed by atoms with E-state index in [1.54, 1.807) is 0 Å². The Balaban J connectivity index is -0.0000000326. The van der Waals surface area contributed by atoms with Gasteiger partial charge in [-0.15, -0.1) is 0 Å². The van der Waals surface area contributed by atoms with Crippen LogP contribution in [0.4, 0.5) is 0 Å². The van der Waals surface area contributed by atoms with Crippen LogP contribution in [0.2, 0.25) is 570 Å². The Bertz CT molecular complexity index is 1640. The largest absolute Gasteiger partial charge is 0 e. The van der Waals surface area contributed by atoms with Crippen molar-refractivity contribution in [3.05, 3.63) is 0 Å². The maximum Gasteiger partial charge on any atom is 0 e. The third-order valence-corrected chi connectivity index (χ3v) is 269. The molecule has 0 atom stereocenters. The maximum absolute atomic E-state index is 3.60. The van der Waals surface area contributed by atoms with Gasteiger partial charge in [0.1, 0.15) is 0 Å². The van der Waals surface area contributed by atoms with E-state index in [4.69, 9.17) is 0 Å². The first-order valence-electron chi connectivity index (χ1n) is 48.5. The van der Waals surface area contributed by atoms with E-state index in [0.29, 0.717) is 28.6 Å². The van der Waals surface area contributed by atoms with Crippen LogP contribution in [0.1, 0.15) is 0 Å². The molecule has 0 nitrogen and oxygen atoms in total. The molecule has 0 bridgehead atoms. The predicted molar refractivity (Wildman–Crippen MR) is 792 cm³/mol. The fraction of sp³-hybridized carbons (Fsp3) is 1.00. The smallest absolute Gasteiger partial charge is 0 e. The van der Waals surface area contributed by atoms with Crippen molar-refractivity contribution >= 4 is 506 Å². The maximum atomic E-state index is 3.60. The van der Waals surface area contributed by atoms with Crippen LogP contribution in [-0.4, -0.2) is 478 Å². The van der Waals surface area contributed by atoms with Crippen molar-refractivity contribution in [3.8, 4) is 0 Å². The van der Waals surface area contributed by atoms with Gasteiger partial charge in [0.2, 0.25) is 0 Å². The van der Waals surface area contributed by atoms with Crippen molar-refractivity contribution in [3.63, 3.8) is 0 Å². The topological polar surface area (TPSA) is 0 Å². The molecule has 45 heteroatoms. The van der Waals surface area contributed by atoms with Gasteiger partial charge in [-0.3, -0.25) is 0 Å². The average molecular weight is 3610 g/mol. The second-order valence-electron chi connectivity index (χ2n) is 51.9. The zero-order valence-electron chi connectivity index (χ0n) is 112. The Morgan fingerprint density at radius 3 is 0.363 bits per heavy atom. The van der Waals surface area contributed by atoms with Crippen LogP contribution in [0.5, 0.6) is 0 Å². The SMILES string of the molecule is C[Si](C)(C)[Se].C[Si](C)(C)[Si](C)([S][Ge]([CH3])([CH3])[CH3])[Si](C)(C)C.C[Si](C)(C)[Si](C)([Se])[Si](C)(C)C.C[Si](C)(C)[Si](C)([Te])[Si](C)(C)C.C[Si](C)(C)[Te].C[Si](C)C.C[Si](C)C.C[Si](C)C.C[Si](C)C.C[Si](C)C.C[Si](C)C.C[Si](C)C.C[Si](C)C.C[Si](C)C.C[Si](C)C.C[Si](C)C.C[Si](C)C.[CH3][Ge].[CH3][Ge].[CH3][Ge].[CH3][Ge].[CH3][Ge]([CH3])[CH3].[CH3][Ge]([CH3])[CH3].[CH3][Ge]([CH3])[CH3].[CH3][Ge]([CH3])[CH3].[CH3][Ge][S][Ge]([CH3])([CH3])[CH3].[CH3][Ge][S][Si](C)(C)C.[Se].[Te]. The van der Waals surface area contributed by atoms with E-state index in [-0.39, 0.29) is 204 Å². The average Bonchev–Trinajstić information content (AvgIpc) is 0.764. The predicted octanol–water partition coefficient (Wildman–Crippen LogP) is 38.5. The summed E-state index contributed by atoms with van der Waals surface area (Å²) >= 11 is 16.4. The van der Waals surface area contributed by atoms with E-state index in [1.807, 2.05) is 89.1 Å². The van der Waals surface area contributed by atoms with Crippen LogP contribution in [0, 0.1) is 0 Å². The fourth-order valence-corrected chi connectivity index (χ4v) is 230. The van der Waals surface area contributed by atoms with Gasteiger partial charge >= 0.3 is 694 Å². The molecular formula is C90H270Ge12S3Se3Si24Te3. The molecule has 0 unspecified atom stereocenters. The molecule has 0 amide bonds. The molecule has 0 heterocycles. The van der Waals surface area contributed by atoms with Crippen molar-refractivity contribution in [2.75, 3.05) is 0 Å². The zero-order valence-corrected chi connectivity index (χ0v) is 175. The molecule has 0 fully saturated rings. The summed E-state index contributed by atoms with van der Waals surface area (Å²) < 4.78 is -0.819. The van der Waals surface area contributed by atoms with Crippen molar-refractivity contribution in [1.82, 2.24) is 0 Å². The molecule has 0 aliphatic carbocycles. The van der Waals surface area contributed by atoms with Gasteiger partial charge < -0.3 is 0 Å². The summed E-state index contributed by atoms with van der Waals surface area (Å²) in [6, 6.07) is 0. The van der Waals surface area contributed by atoms with E-state index in [0.717, 1.165) is 0 Å². The summed E-state index contributed by atoms with van der Waals surface area (Å²) in [7, 11) is 2.61. The van der Waals surface area contributed by atoms with Gasteiger partial charge in [-0.05, 0) is 0 Å². The molecule has 0 spiro atoms.